The standard InChI is InChI=1S/C16H22N2O3/c1-18(11-16-6-3-7-20-16)10-14(19)12-21-15-5-2-4-13(8-15)9-17/h2,4-5,8,14,16,19H,3,6-7,10-12H2,1H3. The van der Waals surface area contributed by atoms with Crippen LogP contribution in [0.15, 0.2) is 24.3 Å². The first kappa shape index (κ1) is 15.8. The van der Waals surface area contributed by atoms with Gasteiger partial charge in [-0.3, -0.25) is 0 Å². The molecule has 0 saturated carbocycles. The molecule has 0 aromatic heterocycles. The van der Waals surface area contributed by atoms with E-state index in [0.29, 0.717) is 17.9 Å². The van der Waals surface area contributed by atoms with E-state index in [9.17, 15) is 5.11 Å². The molecule has 5 heteroatoms. The van der Waals surface area contributed by atoms with Gasteiger partial charge in [-0.2, -0.15) is 5.26 Å². The third-order valence-corrected chi connectivity index (χ3v) is 3.47. The Morgan fingerprint density at radius 2 is 2.43 bits per heavy atom. The van der Waals surface area contributed by atoms with Crippen molar-refractivity contribution in [2.45, 2.75) is 25.0 Å². The third-order valence-electron chi connectivity index (χ3n) is 3.47. The summed E-state index contributed by atoms with van der Waals surface area (Å²) in [4.78, 5) is 2.07. The van der Waals surface area contributed by atoms with Crippen LogP contribution in [0.25, 0.3) is 0 Å². The number of hydrogen-bond acceptors (Lipinski definition) is 5. The molecule has 1 aromatic rings. The predicted molar refractivity (Wildman–Crippen MR) is 79.1 cm³/mol. The zero-order chi connectivity index (χ0) is 15.1. The smallest absolute Gasteiger partial charge is 0.120 e. The molecule has 1 heterocycles. The van der Waals surface area contributed by atoms with E-state index in [2.05, 4.69) is 11.0 Å². The highest BCUT2D eigenvalue weighted by Crippen LogP contribution is 2.14. The Labute approximate surface area is 125 Å². The second kappa shape index (κ2) is 7.99. The topological polar surface area (TPSA) is 65.7 Å². The second-order valence-electron chi connectivity index (χ2n) is 5.46. The van der Waals surface area contributed by atoms with E-state index >= 15 is 0 Å². The zero-order valence-electron chi connectivity index (χ0n) is 12.4. The van der Waals surface area contributed by atoms with Gasteiger partial charge < -0.3 is 19.5 Å². The second-order valence-corrected chi connectivity index (χ2v) is 5.46. The van der Waals surface area contributed by atoms with Gasteiger partial charge in [0.15, 0.2) is 0 Å². The lowest BCUT2D eigenvalue weighted by Gasteiger charge is -2.23. The van der Waals surface area contributed by atoms with Gasteiger partial charge in [-0.05, 0) is 38.1 Å². The van der Waals surface area contributed by atoms with Crippen LogP contribution in [-0.4, -0.2) is 55.6 Å². The van der Waals surface area contributed by atoms with Crippen molar-refractivity contribution in [3.05, 3.63) is 29.8 Å². The number of benzene rings is 1. The van der Waals surface area contributed by atoms with Crippen molar-refractivity contribution in [2.24, 2.45) is 0 Å². The van der Waals surface area contributed by atoms with Crippen LogP contribution < -0.4 is 4.74 Å². The highest BCUT2D eigenvalue weighted by molar-refractivity contribution is 5.36. The molecule has 1 N–H and O–H groups in total. The molecule has 1 fully saturated rings. The van der Waals surface area contributed by atoms with Gasteiger partial charge >= 0.3 is 0 Å². The maximum Gasteiger partial charge on any atom is 0.120 e. The molecule has 21 heavy (non-hydrogen) atoms. The van der Waals surface area contributed by atoms with Crippen molar-refractivity contribution >= 4 is 0 Å². The molecule has 1 aliphatic heterocycles. The van der Waals surface area contributed by atoms with Crippen LogP contribution in [0.4, 0.5) is 0 Å². The Kier molecular flexibility index (Phi) is 6.00. The van der Waals surface area contributed by atoms with E-state index in [4.69, 9.17) is 14.7 Å². The molecule has 5 nitrogen and oxygen atoms in total. The molecule has 2 rings (SSSR count). The van der Waals surface area contributed by atoms with Crippen LogP contribution >= 0.6 is 0 Å². The average Bonchev–Trinajstić information content (AvgIpc) is 2.98. The number of nitriles is 1. The summed E-state index contributed by atoms with van der Waals surface area (Å²) in [5.74, 6) is 0.606. The van der Waals surface area contributed by atoms with Gasteiger partial charge in [0.1, 0.15) is 18.5 Å². The summed E-state index contributed by atoms with van der Waals surface area (Å²) in [5, 5.41) is 18.8. The third kappa shape index (κ3) is 5.35. The van der Waals surface area contributed by atoms with Gasteiger partial charge in [0, 0.05) is 19.7 Å². The minimum Gasteiger partial charge on any atom is -0.491 e. The molecule has 0 bridgehead atoms. The lowest BCUT2D eigenvalue weighted by atomic mass is 10.2. The van der Waals surface area contributed by atoms with Gasteiger partial charge in [-0.1, -0.05) is 6.07 Å². The van der Waals surface area contributed by atoms with Crippen LogP contribution in [0, 0.1) is 11.3 Å². The molecule has 0 radical (unpaired) electrons. The lowest BCUT2D eigenvalue weighted by molar-refractivity contribution is 0.0444. The number of rotatable bonds is 7. The highest BCUT2D eigenvalue weighted by Gasteiger charge is 2.18. The molecule has 1 aromatic carbocycles. The number of likely N-dealkylation sites (N-methyl/N-ethyl adjacent to an activating group) is 1. The molecule has 2 unspecified atom stereocenters. The molecule has 0 amide bonds. The van der Waals surface area contributed by atoms with Crippen molar-refractivity contribution in [1.29, 1.82) is 5.26 Å². The Bertz CT molecular complexity index is 481. The van der Waals surface area contributed by atoms with Gasteiger partial charge in [0.25, 0.3) is 0 Å². The van der Waals surface area contributed by atoms with Gasteiger partial charge in [0.2, 0.25) is 0 Å². The van der Waals surface area contributed by atoms with Crippen LogP contribution in [0.5, 0.6) is 5.75 Å². The van der Waals surface area contributed by atoms with Crippen molar-refractivity contribution < 1.29 is 14.6 Å². The normalized spacial score (nSPS) is 19.4. The predicted octanol–water partition coefficient (Wildman–Crippen LogP) is 1.41. The monoisotopic (exact) mass is 290 g/mol. The summed E-state index contributed by atoms with van der Waals surface area (Å²) in [6, 6.07) is 9.00. The van der Waals surface area contributed by atoms with E-state index in [0.717, 1.165) is 26.0 Å². The van der Waals surface area contributed by atoms with E-state index in [-0.39, 0.29) is 12.7 Å². The van der Waals surface area contributed by atoms with E-state index in [1.165, 1.54) is 0 Å². The lowest BCUT2D eigenvalue weighted by Crippen LogP contribution is -2.37. The maximum atomic E-state index is 10.0. The number of hydrogen-bond donors (Lipinski definition) is 1. The van der Waals surface area contributed by atoms with Gasteiger partial charge in [-0.15, -0.1) is 0 Å². The van der Waals surface area contributed by atoms with Crippen LogP contribution in [0.1, 0.15) is 18.4 Å². The summed E-state index contributed by atoms with van der Waals surface area (Å²) >= 11 is 0. The first-order valence-corrected chi connectivity index (χ1v) is 7.28. The molecule has 1 saturated heterocycles. The molecular formula is C16H22N2O3. The minimum atomic E-state index is -0.567. The van der Waals surface area contributed by atoms with Crippen molar-refractivity contribution in [3.8, 4) is 11.8 Å². The molecule has 0 aliphatic carbocycles. The summed E-state index contributed by atoms with van der Waals surface area (Å²) in [6.45, 7) is 2.43. The first-order chi connectivity index (χ1) is 10.2. The summed E-state index contributed by atoms with van der Waals surface area (Å²) < 4.78 is 11.1. The van der Waals surface area contributed by atoms with Gasteiger partial charge in [-0.25, -0.2) is 0 Å². The Hall–Kier alpha value is -1.61. The summed E-state index contributed by atoms with van der Waals surface area (Å²) in [6.07, 6.45) is 1.94. The molecule has 1 aliphatic rings. The zero-order valence-corrected chi connectivity index (χ0v) is 12.4. The highest BCUT2D eigenvalue weighted by atomic mass is 16.5. The Morgan fingerprint density at radius 1 is 1.57 bits per heavy atom. The fourth-order valence-corrected chi connectivity index (χ4v) is 2.47. The molecule has 0 spiro atoms. The summed E-state index contributed by atoms with van der Waals surface area (Å²) in [7, 11) is 1.97. The minimum absolute atomic E-state index is 0.213. The van der Waals surface area contributed by atoms with Crippen molar-refractivity contribution in [3.63, 3.8) is 0 Å². The average molecular weight is 290 g/mol. The fourth-order valence-electron chi connectivity index (χ4n) is 2.47. The van der Waals surface area contributed by atoms with E-state index < -0.39 is 6.10 Å². The largest absolute Gasteiger partial charge is 0.491 e. The number of aliphatic hydroxyl groups excluding tert-OH is 1. The van der Waals surface area contributed by atoms with Crippen molar-refractivity contribution in [1.82, 2.24) is 4.90 Å². The summed E-state index contributed by atoms with van der Waals surface area (Å²) in [5.41, 5.74) is 0.553. The Morgan fingerprint density at radius 3 is 3.14 bits per heavy atom. The number of aliphatic hydroxyl groups is 1. The number of nitrogens with zero attached hydrogens (tertiary/aromatic N) is 2. The van der Waals surface area contributed by atoms with Crippen LogP contribution in [0.3, 0.4) is 0 Å². The molecular weight excluding hydrogens is 268 g/mol. The number of ether oxygens (including phenoxy) is 2. The van der Waals surface area contributed by atoms with Crippen LogP contribution in [-0.2, 0) is 4.74 Å². The fraction of sp³-hybridized carbons (Fsp3) is 0.562. The molecule has 114 valence electrons. The SMILES string of the molecule is CN(CC(O)COc1cccc(C#N)c1)CC1CCCO1. The van der Waals surface area contributed by atoms with Crippen molar-refractivity contribution in [2.75, 3.05) is 33.4 Å². The maximum absolute atomic E-state index is 10.0. The quantitative estimate of drug-likeness (QED) is 0.822. The van der Waals surface area contributed by atoms with E-state index in [1.807, 2.05) is 7.05 Å². The van der Waals surface area contributed by atoms with Crippen LogP contribution in [0.2, 0.25) is 0 Å². The van der Waals surface area contributed by atoms with Gasteiger partial charge in [0.05, 0.1) is 17.7 Å². The first-order valence-electron chi connectivity index (χ1n) is 7.28. The Balaban J connectivity index is 1.71. The molecule has 2 atom stereocenters. The van der Waals surface area contributed by atoms with E-state index in [1.54, 1.807) is 24.3 Å².